The molecule has 0 aromatic heterocycles. The normalized spacial score (nSPS) is 16.9. The van der Waals surface area contributed by atoms with Gasteiger partial charge >= 0.3 is 0 Å². The van der Waals surface area contributed by atoms with Crippen LogP contribution >= 0.6 is 0 Å². The van der Waals surface area contributed by atoms with Crippen LogP contribution in [-0.4, -0.2) is 28.4 Å². The Labute approximate surface area is 92.8 Å². The molecule has 1 unspecified atom stereocenters. The number of carbonyl (C=O) groups is 2. The van der Waals surface area contributed by atoms with Gasteiger partial charge in [0, 0.05) is 12.2 Å². The molecule has 0 radical (unpaired) electrons. The van der Waals surface area contributed by atoms with Crippen LogP contribution in [0.5, 0.6) is 0 Å². The van der Waals surface area contributed by atoms with Crippen LogP contribution in [0.1, 0.15) is 11.6 Å². The number of hydrogen-bond acceptors (Lipinski definition) is 3. The average molecular weight is 217 g/mol. The topological polar surface area (TPSA) is 57.6 Å². The number of nitrogens with zero attached hydrogens (tertiary/aromatic N) is 1. The molecule has 0 fully saturated rings. The van der Waals surface area contributed by atoms with Crippen molar-refractivity contribution in [1.82, 2.24) is 4.90 Å². The van der Waals surface area contributed by atoms with Crippen LogP contribution in [0, 0.1) is 0 Å². The highest BCUT2D eigenvalue weighted by atomic mass is 16.3. The van der Waals surface area contributed by atoms with Gasteiger partial charge in [0.25, 0.3) is 11.8 Å². The van der Waals surface area contributed by atoms with Gasteiger partial charge in [-0.05, 0) is 5.56 Å². The van der Waals surface area contributed by atoms with Gasteiger partial charge in [-0.15, -0.1) is 0 Å². The molecule has 0 spiro atoms. The van der Waals surface area contributed by atoms with Gasteiger partial charge in [0.2, 0.25) is 0 Å². The number of hydrogen-bond donors (Lipinski definition) is 1. The fourth-order valence-corrected chi connectivity index (χ4v) is 1.73. The summed E-state index contributed by atoms with van der Waals surface area (Å²) in [5.74, 6) is -0.763. The first-order valence-corrected chi connectivity index (χ1v) is 4.95. The van der Waals surface area contributed by atoms with Gasteiger partial charge in [-0.2, -0.15) is 0 Å². The van der Waals surface area contributed by atoms with E-state index in [0.29, 0.717) is 0 Å². The van der Waals surface area contributed by atoms with Crippen molar-refractivity contribution in [2.75, 3.05) is 6.61 Å². The summed E-state index contributed by atoms with van der Waals surface area (Å²) in [6.45, 7) is -0.275. The van der Waals surface area contributed by atoms with Crippen molar-refractivity contribution in [2.45, 2.75) is 6.04 Å². The third-order valence-corrected chi connectivity index (χ3v) is 2.51. The molecule has 1 heterocycles. The number of benzene rings is 1. The van der Waals surface area contributed by atoms with Gasteiger partial charge in [-0.25, -0.2) is 0 Å². The van der Waals surface area contributed by atoms with E-state index in [-0.39, 0.29) is 18.4 Å². The van der Waals surface area contributed by atoms with Crippen molar-refractivity contribution in [3.63, 3.8) is 0 Å². The summed E-state index contributed by atoms with van der Waals surface area (Å²) >= 11 is 0. The Morgan fingerprint density at radius 3 is 2.12 bits per heavy atom. The Morgan fingerprint density at radius 2 is 1.62 bits per heavy atom. The summed E-state index contributed by atoms with van der Waals surface area (Å²) in [6, 6.07) is 8.40. The summed E-state index contributed by atoms with van der Waals surface area (Å²) < 4.78 is 0. The van der Waals surface area contributed by atoms with E-state index >= 15 is 0 Å². The van der Waals surface area contributed by atoms with Gasteiger partial charge in [0.1, 0.15) is 0 Å². The molecule has 0 saturated carbocycles. The first-order valence-electron chi connectivity index (χ1n) is 4.95. The lowest BCUT2D eigenvalue weighted by molar-refractivity contribution is -0.140. The first kappa shape index (κ1) is 10.6. The molecule has 4 heteroatoms. The van der Waals surface area contributed by atoms with Crippen LogP contribution in [0.3, 0.4) is 0 Å². The number of aliphatic hydroxyl groups excluding tert-OH is 1. The highest BCUT2D eigenvalue weighted by Crippen LogP contribution is 2.23. The monoisotopic (exact) mass is 217 g/mol. The molecule has 0 aliphatic carbocycles. The van der Waals surface area contributed by atoms with Crippen LogP contribution in [-0.2, 0) is 9.59 Å². The second-order valence-corrected chi connectivity index (χ2v) is 3.49. The van der Waals surface area contributed by atoms with Crippen LogP contribution < -0.4 is 0 Å². The quantitative estimate of drug-likeness (QED) is 0.756. The number of aliphatic hydroxyl groups is 1. The molecule has 1 aliphatic heterocycles. The number of amides is 2. The molecule has 82 valence electrons. The van der Waals surface area contributed by atoms with Crippen LogP contribution in [0.2, 0.25) is 0 Å². The number of carbonyl (C=O) groups excluding carboxylic acids is 2. The van der Waals surface area contributed by atoms with E-state index in [1.807, 2.05) is 6.07 Å². The maximum atomic E-state index is 11.5. The first-order chi connectivity index (χ1) is 7.74. The largest absolute Gasteiger partial charge is 0.394 e. The van der Waals surface area contributed by atoms with E-state index < -0.39 is 6.04 Å². The Bertz CT molecular complexity index is 421. The van der Waals surface area contributed by atoms with Gasteiger partial charge in [-0.3, -0.25) is 14.5 Å². The van der Waals surface area contributed by atoms with Gasteiger partial charge in [0.15, 0.2) is 0 Å². The molecule has 1 N–H and O–H groups in total. The molecule has 0 saturated heterocycles. The van der Waals surface area contributed by atoms with Crippen LogP contribution in [0.4, 0.5) is 0 Å². The van der Waals surface area contributed by atoms with Crippen molar-refractivity contribution in [1.29, 1.82) is 0 Å². The lowest BCUT2D eigenvalue weighted by Gasteiger charge is -2.24. The maximum Gasteiger partial charge on any atom is 0.254 e. The zero-order valence-electron chi connectivity index (χ0n) is 8.54. The van der Waals surface area contributed by atoms with E-state index in [0.717, 1.165) is 10.5 Å². The lowest BCUT2D eigenvalue weighted by Crippen LogP contribution is -2.36. The second kappa shape index (κ2) is 4.28. The van der Waals surface area contributed by atoms with E-state index in [1.165, 1.54) is 12.2 Å². The summed E-state index contributed by atoms with van der Waals surface area (Å²) in [5.41, 5.74) is 0.746. The van der Waals surface area contributed by atoms with Crippen LogP contribution in [0.25, 0.3) is 0 Å². The van der Waals surface area contributed by atoms with Crippen molar-refractivity contribution in [2.24, 2.45) is 0 Å². The molecule has 2 rings (SSSR count). The minimum atomic E-state index is -0.601. The molecule has 16 heavy (non-hydrogen) atoms. The molecule has 1 aromatic rings. The maximum absolute atomic E-state index is 11.5. The minimum Gasteiger partial charge on any atom is -0.394 e. The predicted molar refractivity (Wildman–Crippen MR) is 57.3 cm³/mol. The summed E-state index contributed by atoms with van der Waals surface area (Å²) in [4.78, 5) is 24.0. The van der Waals surface area contributed by atoms with E-state index in [9.17, 15) is 14.7 Å². The van der Waals surface area contributed by atoms with Crippen molar-refractivity contribution in [3.8, 4) is 0 Å². The molecule has 2 amide bonds. The van der Waals surface area contributed by atoms with Crippen molar-refractivity contribution < 1.29 is 14.7 Å². The Morgan fingerprint density at radius 1 is 1.06 bits per heavy atom. The number of imide groups is 1. The van der Waals surface area contributed by atoms with Gasteiger partial charge < -0.3 is 5.11 Å². The van der Waals surface area contributed by atoms with Crippen molar-refractivity contribution >= 4 is 11.8 Å². The molecular weight excluding hydrogens is 206 g/mol. The molecule has 0 bridgehead atoms. The summed E-state index contributed by atoms with van der Waals surface area (Å²) in [5, 5.41) is 9.30. The highest BCUT2D eigenvalue weighted by molar-refractivity contribution is 6.13. The minimum absolute atomic E-state index is 0.275. The van der Waals surface area contributed by atoms with Gasteiger partial charge in [-0.1, -0.05) is 30.3 Å². The smallest absolute Gasteiger partial charge is 0.254 e. The highest BCUT2D eigenvalue weighted by Gasteiger charge is 2.31. The molecule has 1 aromatic carbocycles. The second-order valence-electron chi connectivity index (χ2n) is 3.49. The van der Waals surface area contributed by atoms with E-state index in [4.69, 9.17) is 0 Å². The average Bonchev–Trinajstić information content (AvgIpc) is 2.63. The predicted octanol–water partition coefficient (Wildman–Crippen LogP) is 0.645. The Balaban J connectivity index is 2.31. The Hall–Kier alpha value is -1.94. The molecular formula is C12H11NO3. The van der Waals surface area contributed by atoms with Crippen molar-refractivity contribution in [3.05, 3.63) is 48.0 Å². The standard InChI is InChI=1S/C12H11NO3/c14-8-10(9-4-2-1-3-5-9)13-11(15)6-7-12(13)16/h1-7,10,14H,8H2. The zero-order chi connectivity index (χ0) is 11.5. The van der Waals surface area contributed by atoms with Gasteiger partial charge in [0.05, 0.1) is 12.6 Å². The third-order valence-electron chi connectivity index (χ3n) is 2.51. The number of rotatable bonds is 3. The zero-order valence-corrected chi connectivity index (χ0v) is 8.54. The van der Waals surface area contributed by atoms with E-state index in [2.05, 4.69) is 0 Å². The fourth-order valence-electron chi connectivity index (χ4n) is 1.73. The molecule has 4 nitrogen and oxygen atoms in total. The summed E-state index contributed by atoms with van der Waals surface area (Å²) in [7, 11) is 0. The fraction of sp³-hybridized carbons (Fsp3) is 0.167. The Kier molecular flexibility index (Phi) is 2.83. The molecule has 1 aliphatic rings. The third kappa shape index (κ3) is 1.75. The lowest BCUT2D eigenvalue weighted by atomic mass is 10.1. The van der Waals surface area contributed by atoms with Crippen LogP contribution in [0.15, 0.2) is 42.5 Å². The summed E-state index contributed by atoms with van der Waals surface area (Å²) in [6.07, 6.45) is 2.43. The van der Waals surface area contributed by atoms with E-state index in [1.54, 1.807) is 24.3 Å². The SMILES string of the molecule is O=C1C=CC(=O)N1C(CO)c1ccccc1. The molecule has 1 atom stereocenters.